The van der Waals surface area contributed by atoms with Crippen molar-refractivity contribution in [3.05, 3.63) is 32.2 Å². The molecule has 0 bridgehead atoms. The van der Waals surface area contributed by atoms with E-state index < -0.39 is 11.5 Å². The van der Waals surface area contributed by atoms with Crippen molar-refractivity contribution in [3.8, 4) is 0 Å². The summed E-state index contributed by atoms with van der Waals surface area (Å²) in [6.45, 7) is 3.88. The van der Waals surface area contributed by atoms with Gasteiger partial charge in [-0.05, 0) is 32.3 Å². The molecule has 1 aliphatic carbocycles. The fourth-order valence-corrected chi connectivity index (χ4v) is 4.27. The van der Waals surface area contributed by atoms with E-state index >= 15 is 0 Å². The van der Waals surface area contributed by atoms with Gasteiger partial charge in [0.15, 0.2) is 0 Å². The first-order chi connectivity index (χ1) is 12.4. The number of hydrogen-bond acceptors (Lipinski definition) is 3. The third kappa shape index (κ3) is 3.80. The third-order valence-corrected chi connectivity index (χ3v) is 6.11. The van der Waals surface area contributed by atoms with Crippen molar-refractivity contribution in [2.45, 2.75) is 70.9 Å². The van der Waals surface area contributed by atoms with Crippen LogP contribution in [-0.2, 0) is 4.79 Å². The van der Waals surface area contributed by atoms with Crippen molar-refractivity contribution in [1.29, 1.82) is 0 Å². The van der Waals surface area contributed by atoms with Crippen LogP contribution in [0.4, 0.5) is 0 Å². The van der Waals surface area contributed by atoms with E-state index in [1.165, 1.54) is 12.8 Å². The Balaban J connectivity index is 1.70. The maximum atomic E-state index is 12.6. The number of rotatable bonds is 3. The van der Waals surface area contributed by atoms with E-state index in [1.807, 2.05) is 4.90 Å². The average Bonchev–Trinajstić information content (AvgIpc) is 2.79. The first-order valence-electron chi connectivity index (χ1n) is 9.37. The Morgan fingerprint density at radius 1 is 1.15 bits per heavy atom. The van der Waals surface area contributed by atoms with E-state index in [0.717, 1.165) is 25.7 Å². The van der Waals surface area contributed by atoms with Gasteiger partial charge in [-0.25, -0.2) is 0 Å². The normalized spacial score (nSPS) is 21.7. The topological polar surface area (TPSA) is 82.3 Å². The van der Waals surface area contributed by atoms with Gasteiger partial charge in [0.05, 0.1) is 11.1 Å². The number of halogens is 1. The highest BCUT2D eigenvalue weighted by atomic mass is 35.5. The van der Waals surface area contributed by atoms with Crippen LogP contribution in [0.2, 0.25) is 5.02 Å². The maximum absolute atomic E-state index is 12.6. The summed E-state index contributed by atoms with van der Waals surface area (Å²) in [6, 6.07) is 0.0167. The zero-order valence-electron chi connectivity index (χ0n) is 15.4. The average molecular weight is 380 g/mol. The zero-order chi connectivity index (χ0) is 18.8. The molecule has 1 aliphatic heterocycles. The second-order valence-electron chi connectivity index (χ2n) is 7.46. The summed E-state index contributed by atoms with van der Waals surface area (Å²) in [5.41, 5.74) is 0.587. The molecule has 0 radical (unpaired) electrons. The number of carbonyl (C=O) groups is 2. The molecule has 26 heavy (non-hydrogen) atoms. The van der Waals surface area contributed by atoms with Gasteiger partial charge in [-0.1, -0.05) is 37.3 Å². The molecule has 2 heterocycles. The number of aromatic nitrogens is 1. The van der Waals surface area contributed by atoms with Crippen molar-refractivity contribution in [2.75, 3.05) is 6.54 Å². The molecule has 1 saturated heterocycles. The maximum Gasteiger partial charge on any atom is 0.261 e. The van der Waals surface area contributed by atoms with Crippen molar-refractivity contribution in [2.24, 2.45) is 0 Å². The van der Waals surface area contributed by atoms with Crippen molar-refractivity contribution >= 4 is 23.4 Å². The first kappa shape index (κ1) is 19.0. The van der Waals surface area contributed by atoms with Gasteiger partial charge in [0.25, 0.3) is 11.5 Å². The summed E-state index contributed by atoms with van der Waals surface area (Å²) >= 11 is 6.17. The van der Waals surface area contributed by atoms with Gasteiger partial charge in [-0.2, -0.15) is 0 Å². The van der Waals surface area contributed by atoms with Crippen LogP contribution < -0.4 is 10.9 Å². The number of nitrogens with zero attached hydrogens (tertiary/aromatic N) is 1. The van der Waals surface area contributed by atoms with Crippen molar-refractivity contribution < 1.29 is 9.59 Å². The number of aromatic amines is 1. The Kier molecular flexibility index (Phi) is 5.70. The molecule has 0 spiro atoms. The minimum atomic E-state index is -0.467. The number of hydrogen-bond donors (Lipinski definition) is 2. The standard InChI is InChI=1S/C19H26ClN3O3/c1-11-16(18(25)21-12(2)17(11)20)19(26)22-13-9-15(24)23(10-13)14-7-5-3-4-6-8-14/h13-14H,3-10H2,1-2H3,(H,21,25)(H,22,26)/t13-/m0/s1. The summed E-state index contributed by atoms with van der Waals surface area (Å²) in [5, 5.41) is 3.24. The fraction of sp³-hybridized carbons (Fsp3) is 0.632. The number of nitrogens with one attached hydrogen (secondary N) is 2. The van der Waals surface area contributed by atoms with Crippen LogP contribution in [0.25, 0.3) is 0 Å². The molecule has 1 aromatic rings. The molecule has 3 rings (SSSR count). The largest absolute Gasteiger partial charge is 0.347 e. The predicted octanol–water partition coefficient (Wildman–Crippen LogP) is 2.70. The molecule has 0 aromatic carbocycles. The quantitative estimate of drug-likeness (QED) is 0.792. The van der Waals surface area contributed by atoms with Crippen LogP contribution in [0.15, 0.2) is 4.79 Å². The van der Waals surface area contributed by atoms with Crippen LogP contribution in [-0.4, -0.2) is 40.3 Å². The van der Waals surface area contributed by atoms with Crippen molar-refractivity contribution in [1.82, 2.24) is 15.2 Å². The molecule has 6 nitrogen and oxygen atoms in total. The third-order valence-electron chi connectivity index (χ3n) is 5.55. The lowest BCUT2D eigenvalue weighted by Crippen LogP contribution is -2.42. The fourth-order valence-electron chi connectivity index (χ4n) is 4.13. The summed E-state index contributed by atoms with van der Waals surface area (Å²) in [6.07, 6.45) is 7.14. The van der Waals surface area contributed by atoms with Crippen LogP contribution in [0, 0.1) is 13.8 Å². The Bertz CT molecular complexity index is 766. The molecular formula is C19H26ClN3O3. The molecule has 1 aromatic heterocycles. The summed E-state index contributed by atoms with van der Waals surface area (Å²) in [4.78, 5) is 41.8. The van der Waals surface area contributed by atoms with Crippen LogP contribution in [0.3, 0.4) is 0 Å². The molecule has 0 unspecified atom stereocenters. The Morgan fingerprint density at radius 2 is 1.81 bits per heavy atom. The van der Waals surface area contributed by atoms with Gasteiger partial charge in [-0.3, -0.25) is 14.4 Å². The van der Waals surface area contributed by atoms with Gasteiger partial charge in [0.1, 0.15) is 5.56 Å². The number of likely N-dealkylation sites (tertiary alicyclic amines) is 1. The first-order valence-corrected chi connectivity index (χ1v) is 9.75. The van der Waals surface area contributed by atoms with Gasteiger partial charge in [0, 0.05) is 24.7 Å². The molecule has 1 saturated carbocycles. The van der Waals surface area contributed by atoms with E-state index in [2.05, 4.69) is 10.3 Å². The number of pyridine rings is 1. The molecule has 2 fully saturated rings. The summed E-state index contributed by atoms with van der Waals surface area (Å²) in [5.74, 6) is -0.374. The molecule has 142 valence electrons. The van der Waals surface area contributed by atoms with Gasteiger partial charge < -0.3 is 15.2 Å². The van der Waals surface area contributed by atoms with E-state index in [-0.39, 0.29) is 23.6 Å². The minimum Gasteiger partial charge on any atom is -0.347 e. The summed E-state index contributed by atoms with van der Waals surface area (Å²) < 4.78 is 0. The molecule has 2 aliphatic rings. The second-order valence-corrected chi connectivity index (χ2v) is 7.84. The number of carbonyl (C=O) groups excluding carboxylic acids is 2. The van der Waals surface area contributed by atoms with Crippen LogP contribution >= 0.6 is 11.6 Å². The minimum absolute atomic E-state index is 0.0287. The second kappa shape index (κ2) is 7.82. The lowest BCUT2D eigenvalue weighted by atomic mass is 10.1. The molecule has 7 heteroatoms. The number of aryl methyl sites for hydroxylation is 1. The van der Waals surface area contributed by atoms with Crippen molar-refractivity contribution in [3.63, 3.8) is 0 Å². The molecule has 2 N–H and O–H groups in total. The highest BCUT2D eigenvalue weighted by Crippen LogP contribution is 2.26. The summed E-state index contributed by atoms with van der Waals surface area (Å²) in [7, 11) is 0. The van der Waals surface area contributed by atoms with Gasteiger partial charge in [0.2, 0.25) is 5.91 Å². The Labute approximate surface area is 158 Å². The Hall–Kier alpha value is -1.82. The lowest BCUT2D eigenvalue weighted by Gasteiger charge is -2.27. The highest BCUT2D eigenvalue weighted by molar-refractivity contribution is 6.32. The molecule has 2 amide bonds. The van der Waals surface area contributed by atoms with Gasteiger partial charge in [-0.15, -0.1) is 0 Å². The van der Waals surface area contributed by atoms with E-state index in [4.69, 9.17) is 11.6 Å². The Morgan fingerprint density at radius 3 is 2.46 bits per heavy atom. The monoisotopic (exact) mass is 379 g/mol. The van der Waals surface area contributed by atoms with E-state index in [9.17, 15) is 14.4 Å². The van der Waals surface area contributed by atoms with E-state index in [1.54, 1.807) is 13.8 Å². The predicted molar refractivity (Wildman–Crippen MR) is 101 cm³/mol. The SMILES string of the molecule is Cc1[nH]c(=O)c(C(=O)N[C@H]2CC(=O)N(C3CCCCCC3)C2)c(C)c1Cl. The van der Waals surface area contributed by atoms with Crippen LogP contribution in [0.5, 0.6) is 0 Å². The van der Waals surface area contributed by atoms with Crippen LogP contribution in [0.1, 0.15) is 66.6 Å². The zero-order valence-corrected chi connectivity index (χ0v) is 16.1. The van der Waals surface area contributed by atoms with E-state index in [0.29, 0.717) is 29.2 Å². The smallest absolute Gasteiger partial charge is 0.261 e. The highest BCUT2D eigenvalue weighted by Gasteiger charge is 2.35. The number of H-pyrrole nitrogens is 1. The molecular weight excluding hydrogens is 354 g/mol. The number of amides is 2. The van der Waals surface area contributed by atoms with Gasteiger partial charge >= 0.3 is 0 Å². The molecule has 1 atom stereocenters. The lowest BCUT2D eigenvalue weighted by molar-refractivity contribution is -0.129.